The summed E-state index contributed by atoms with van der Waals surface area (Å²) in [5.41, 5.74) is 0.352. The van der Waals surface area contributed by atoms with Crippen molar-refractivity contribution >= 4 is 17.4 Å². The number of aromatic nitrogens is 1. The van der Waals surface area contributed by atoms with Gasteiger partial charge < -0.3 is 4.74 Å². The van der Waals surface area contributed by atoms with Gasteiger partial charge >= 0.3 is 0 Å². The van der Waals surface area contributed by atoms with E-state index >= 15 is 0 Å². The topological polar surface area (TPSA) is 39.2 Å². The standard InChI is InChI=1S/C13H9ClFNO2/c1-8(17)13-5-3-10(7-16-13)18-9-2-4-11(14)12(15)6-9/h2-7H,1H3. The smallest absolute Gasteiger partial charge is 0.178 e. The Morgan fingerprint density at radius 3 is 2.56 bits per heavy atom. The number of Topliss-reactive ketones (excluding diaryl/α,β-unsaturated/α-hetero) is 1. The van der Waals surface area contributed by atoms with Crippen molar-refractivity contribution in [2.75, 3.05) is 0 Å². The zero-order chi connectivity index (χ0) is 13.1. The van der Waals surface area contributed by atoms with Gasteiger partial charge in [-0.25, -0.2) is 9.37 Å². The zero-order valence-corrected chi connectivity index (χ0v) is 10.2. The van der Waals surface area contributed by atoms with Crippen LogP contribution in [0.5, 0.6) is 11.5 Å². The molecule has 0 spiro atoms. The fourth-order valence-corrected chi connectivity index (χ4v) is 1.44. The number of benzene rings is 1. The number of nitrogens with zero attached hydrogens (tertiary/aromatic N) is 1. The molecule has 0 saturated heterocycles. The predicted molar refractivity (Wildman–Crippen MR) is 65.7 cm³/mol. The Hall–Kier alpha value is -1.94. The number of carbonyl (C=O) groups is 1. The van der Waals surface area contributed by atoms with Crippen molar-refractivity contribution in [1.29, 1.82) is 0 Å². The summed E-state index contributed by atoms with van der Waals surface area (Å²) >= 11 is 5.56. The zero-order valence-electron chi connectivity index (χ0n) is 9.48. The van der Waals surface area contributed by atoms with Crippen LogP contribution in [0.1, 0.15) is 17.4 Å². The summed E-state index contributed by atoms with van der Waals surface area (Å²) in [5, 5.41) is 0.0346. The van der Waals surface area contributed by atoms with Crippen molar-refractivity contribution < 1.29 is 13.9 Å². The highest BCUT2D eigenvalue weighted by Gasteiger charge is 2.05. The van der Waals surface area contributed by atoms with Crippen molar-refractivity contribution in [3.8, 4) is 11.5 Å². The van der Waals surface area contributed by atoms with E-state index in [2.05, 4.69) is 4.98 Å². The summed E-state index contributed by atoms with van der Waals surface area (Å²) in [6.07, 6.45) is 1.41. The number of ether oxygens (including phenoxy) is 1. The molecule has 0 amide bonds. The summed E-state index contributed by atoms with van der Waals surface area (Å²) in [6.45, 7) is 1.43. The lowest BCUT2D eigenvalue weighted by atomic mass is 10.3. The number of halogens is 2. The largest absolute Gasteiger partial charge is 0.456 e. The van der Waals surface area contributed by atoms with Gasteiger partial charge in [0, 0.05) is 13.0 Å². The number of rotatable bonds is 3. The molecule has 0 atom stereocenters. The Bertz CT molecular complexity index is 584. The first-order valence-corrected chi connectivity index (χ1v) is 5.54. The van der Waals surface area contributed by atoms with E-state index in [4.69, 9.17) is 16.3 Å². The maximum atomic E-state index is 13.2. The Labute approximate surface area is 108 Å². The van der Waals surface area contributed by atoms with Gasteiger partial charge in [-0.3, -0.25) is 4.79 Å². The third kappa shape index (κ3) is 2.84. The fourth-order valence-electron chi connectivity index (χ4n) is 1.33. The Balaban J connectivity index is 2.18. The number of hydrogen-bond donors (Lipinski definition) is 0. The minimum Gasteiger partial charge on any atom is -0.456 e. The Morgan fingerprint density at radius 2 is 2.00 bits per heavy atom. The molecule has 0 aliphatic rings. The van der Waals surface area contributed by atoms with Crippen molar-refractivity contribution in [2.24, 2.45) is 0 Å². The molecule has 0 N–H and O–H groups in total. The maximum absolute atomic E-state index is 13.2. The van der Waals surface area contributed by atoms with Crippen LogP contribution in [-0.2, 0) is 0 Å². The molecule has 0 fully saturated rings. The summed E-state index contributed by atoms with van der Waals surface area (Å²) < 4.78 is 18.6. The Morgan fingerprint density at radius 1 is 1.28 bits per heavy atom. The van der Waals surface area contributed by atoms with E-state index in [0.29, 0.717) is 17.2 Å². The van der Waals surface area contributed by atoms with Gasteiger partial charge in [0.25, 0.3) is 0 Å². The third-order valence-electron chi connectivity index (χ3n) is 2.22. The van der Waals surface area contributed by atoms with Crippen LogP contribution in [0.3, 0.4) is 0 Å². The van der Waals surface area contributed by atoms with Gasteiger partial charge in [0.2, 0.25) is 0 Å². The van der Waals surface area contributed by atoms with E-state index in [1.807, 2.05) is 0 Å². The van der Waals surface area contributed by atoms with Crippen molar-refractivity contribution in [1.82, 2.24) is 4.98 Å². The maximum Gasteiger partial charge on any atom is 0.178 e. The van der Waals surface area contributed by atoms with Crippen LogP contribution >= 0.6 is 11.6 Å². The molecule has 0 aliphatic carbocycles. The van der Waals surface area contributed by atoms with E-state index in [1.54, 1.807) is 18.2 Å². The minimum absolute atomic E-state index is 0.0346. The fraction of sp³-hybridized carbons (Fsp3) is 0.0769. The number of ketones is 1. The summed E-state index contributed by atoms with van der Waals surface area (Å²) in [7, 11) is 0. The van der Waals surface area contributed by atoms with E-state index in [9.17, 15) is 9.18 Å². The molecule has 0 unspecified atom stereocenters. The second kappa shape index (κ2) is 5.14. The summed E-state index contributed by atoms with van der Waals surface area (Å²) in [4.78, 5) is 14.9. The molecule has 3 nitrogen and oxygen atoms in total. The molecule has 2 aromatic rings. The summed E-state index contributed by atoms with van der Waals surface area (Å²) in [6, 6.07) is 7.27. The third-order valence-corrected chi connectivity index (χ3v) is 2.53. The number of pyridine rings is 1. The van der Waals surface area contributed by atoms with E-state index in [1.165, 1.54) is 25.3 Å². The molecule has 1 heterocycles. The van der Waals surface area contributed by atoms with E-state index in [0.717, 1.165) is 0 Å². The van der Waals surface area contributed by atoms with Crippen LogP contribution in [0.4, 0.5) is 4.39 Å². The lowest BCUT2D eigenvalue weighted by Crippen LogP contribution is -1.96. The quantitative estimate of drug-likeness (QED) is 0.791. The van der Waals surface area contributed by atoms with E-state index in [-0.39, 0.29) is 10.8 Å². The summed E-state index contributed by atoms with van der Waals surface area (Å²) in [5.74, 6) is 0.0533. The van der Waals surface area contributed by atoms with Crippen LogP contribution in [0, 0.1) is 5.82 Å². The molecule has 18 heavy (non-hydrogen) atoms. The number of hydrogen-bond acceptors (Lipinski definition) is 3. The highest BCUT2D eigenvalue weighted by atomic mass is 35.5. The van der Waals surface area contributed by atoms with Gasteiger partial charge in [-0.2, -0.15) is 0 Å². The van der Waals surface area contributed by atoms with Crippen LogP contribution in [-0.4, -0.2) is 10.8 Å². The van der Waals surface area contributed by atoms with Gasteiger partial charge in [-0.1, -0.05) is 11.6 Å². The second-order valence-electron chi connectivity index (χ2n) is 3.61. The highest BCUT2D eigenvalue weighted by molar-refractivity contribution is 6.30. The molecule has 0 radical (unpaired) electrons. The van der Waals surface area contributed by atoms with Crippen molar-refractivity contribution in [3.63, 3.8) is 0 Å². The van der Waals surface area contributed by atoms with Crippen molar-refractivity contribution in [3.05, 3.63) is 53.1 Å². The first-order chi connectivity index (χ1) is 8.56. The van der Waals surface area contributed by atoms with Gasteiger partial charge in [-0.05, 0) is 24.3 Å². The first-order valence-electron chi connectivity index (χ1n) is 5.16. The molecular weight excluding hydrogens is 257 g/mol. The van der Waals surface area contributed by atoms with Crippen LogP contribution in [0.15, 0.2) is 36.5 Å². The average molecular weight is 266 g/mol. The monoisotopic (exact) mass is 265 g/mol. The minimum atomic E-state index is -0.553. The molecule has 0 saturated carbocycles. The van der Waals surface area contributed by atoms with Crippen LogP contribution in [0.25, 0.3) is 0 Å². The average Bonchev–Trinajstić information content (AvgIpc) is 2.34. The van der Waals surface area contributed by atoms with E-state index < -0.39 is 5.82 Å². The normalized spacial score (nSPS) is 10.2. The molecular formula is C13H9ClFNO2. The lowest BCUT2D eigenvalue weighted by molar-refractivity contribution is 0.101. The van der Waals surface area contributed by atoms with Crippen LogP contribution in [0.2, 0.25) is 5.02 Å². The molecule has 0 bridgehead atoms. The molecule has 5 heteroatoms. The van der Waals surface area contributed by atoms with Gasteiger partial charge in [-0.15, -0.1) is 0 Å². The number of carbonyl (C=O) groups excluding carboxylic acids is 1. The lowest BCUT2D eigenvalue weighted by Gasteiger charge is -2.06. The SMILES string of the molecule is CC(=O)c1ccc(Oc2ccc(Cl)c(F)c2)cn1. The van der Waals surface area contributed by atoms with Gasteiger partial charge in [0.1, 0.15) is 23.0 Å². The highest BCUT2D eigenvalue weighted by Crippen LogP contribution is 2.25. The molecule has 1 aromatic heterocycles. The van der Waals surface area contributed by atoms with Gasteiger partial charge in [0.05, 0.1) is 11.2 Å². The van der Waals surface area contributed by atoms with Crippen LogP contribution < -0.4 is 4.74 Å². The molecule has 2 rings (SSSR count). The van der Waals surface area contributed by atoms with Gasteiger partial charge in [0.15, 0.2) is 5.78 Å². The van der Waals surface area contributed by atoms with Crippen molar-refractivity contribution in [2.45, 2.75) is 6.92 Å². The predicted octanol–water partition coefficient (Wildman–Crippen LogP) is 3.87. The molecule has 92 valence electrons. The Kier molecular flexibility index (Phi) is 3.58. The molecule has 0 aliphatic heterocycles. The first kappa shape index (κ1) is 12.5. The molecule has 1 aromatic carbocycles. The second-order valence-corrected chi connectivity index (χ2v) is 4.02.